The van der Waals surface area contributed by atoms with Crippen molar-refractivity contribution in [2.24, 2.45) is 22.5 Å². The molecule has 0 aromatic carbocycles. The van der Waals surface area contributed by atoms with Gasteiger partial charge in [0.25, 0.3) is 0 Å². The Morgan fingerprint density at radius 3 is 2.12 bits per heavy atom. The third kappa shape index (κ3) is 1.44. The highest BCUT2D eigenvalue weighted by Gasteiger charge is 2.60. The Balaban J connectivity index is 1.95. The van der Waals surface area contributed by atoms with Gasteiger partial charge in [-0.15, -0.1) is 0 Å². The van der Waals surface area contributed by atoms with E-state index in [-0.39, 0.29) is 11.6 Å². The monoisotopic (exact) mass is 222 g/mol. The summed E-state index contributed by atoms with van der Waals surface area (Å²) in [6, 6.07) is -0.339. The van der Waals surface area contributed by atoms with Gasteiger partial charge in [0.2, 0.25) is 0 Å². The fourth-order valence-electron chi connectivity index (χ4n) is 5.85. The van der Waals surface area contributed by atoms with E-state index < -0.39 is 0 Å². The largest absolute Gasteiger partial charge is 0.352 e. The molecule has 0 aromatic rings. The topological polar surface area (TPSA) is 55.1 Å². The lowest BCUT2D eigenvalue weighted by atomic mass is 9.43. The molecule has 0 radical (unpaired) electrons. The first-order valence-corrected chi connectivity index (χ1v) is 6.40. The standard InChI is InChI=1S/C13H22N2O/c1-11-3-9-4-12(2,6-11)8-13(5-9,7-11)15-10(14)16/h9H,3-8H2,1-2H3,(H3,14,15,16). The Bertz CT molecular complexity index is 334. The second kappa shape index (κ2) is 2.74. The number of urea groups is 1. The lowest BCUT2D eigenvalue weighted by molar-refractivity contribution is -0.113. The Morgan fingerprint density at radius 2 is 1.69 bits per heavy atom. The summed E-state index contributed by atoms with van der Waals surface area (Å²) in [5.74, 6) is 0.804. The molecule has 3 N–H and O–H groups in total. The number of hydrogen-bond acceptors (Lipinski definition) is 1. The SMILES string of the molecule is CC12CC3CC(C)(C1)CC(NC(N)=O)(C3)C2. The predicted octanol–water partition coefficient (Wildman–Crippen LogP) is 2.40. The summed E-state index contributed by atoms with van der Waals surface area (Å²) >= 11 is 0. The number of carbonyl (C=O) groups excluding carboxylic acids is 1. The van der Waals surface area contributed by atoms with Gasteiger partial charge in [-0.2, -0.15) is 0 Å². The first-order valence-electron chi connectivity index (χ1n) is 6.40. The van der Waals surface area contributed by atoms with Gasteiger partial charge in [-0.25, -0.2) is 4.79 Å². The van der Waals surface area contributed by atoms with Gasteiger partial charge >= 0.3 is 6.03 Å². The smallest absolute Gasteiger partial charge is 0.312 e. The summed E-state index contributed by atoms with van der Waals surface area (Å²) in [6.45, 7) is 4.79. The summed E-state index contributed by atoms with van der Waals surface area (Å²) in [6.07, 6.45) is 7.46. The highest BCUT2D eigenvalue weighted by molar-refractivity contribution is 5.72. The van der Waals surface area contributed by atoms with Crippen LogP contribution in [0.25, 0.3) is 0 Å². The van der Waals surface area contributed by atoms with Crippen molar-refractivity contribution in [3.8, 4) is 0 Å². The van der Waals surface area contributed by atoms with Crippen LogP contribution >= 0.6 is 0 Å². The average Bonchev–Trinajstić information content (AvgIpc) is 1.91. The highest BCUT2D eigenvalue weighted by Crippen LogP contribution is 2.66. The van der Waals surface area contributed by atoms with Crippen LogP contribution in [0.1, 0.15) is 52.4 Å². The molecule has 2 amide bonds. The van der Waals surface area contributed by atoms with Crippen molar-refractivity contribution in [3.63, 3.8) is 0 Å². The molecule has 0 heterocycles. The van der Waals surface area contributed by atoms with Gasteiger partial charge in [0.15, 0.2) is 0 Å². The summed E-state index contributed by atoms with van der Waals surface area (Å²) in [5, 5.41) is 3.08. The minimum atomic E-state index is -0.339. The molecular weight excluding hydrogens is 200 g/mol. The number of carbonyl (C=O) groups is 1. The van der Waals surface area contributed by atoms with Crippen molar-refractivity contribution in [2.45, 2.75) is 57.9 Å². The van der Waals surface area contributed by atoms with E-state index in [2.05, 4.69) is 19.2 Å². The summed E-state index contributed by atoms with van der Waals surface area (Å²) in [5.41, 5.74) is 6.25. The van der Waals surface area contributed by atoms with Crippen molar-refractivity contribution in [1.82, 2.24) is 5.32 Å². The first kappa shape index (κ1) is 10.4. The van der Waals surface area contributed by atoms with Gasteiger partial charge in [-0.05, 0) is 55.3 Å². The molecule has 4 bridgehead atoms. The normalized spacial score (nSPS) is 54.0. The highest BCUT2D eigenvalue weighted by atomic mass is 16.2. The van der Waals surface area contributed by atoms with Crippen molar-refractivity contribution < 1.29 is 4.79 Å². The van der Waals surface area contributed by atoms with E-state index in [1.54, 1.807) is 0 Å². The molecule has 0 spiro atoms. The molecule has 2 unspecified atom stereocenters. The Morgan fingerprint density at radius 1 is 1.12 bits per heavy atom. The fraction of sp³-hybridized carbons (Fsp3) is 0.923. The Kier molecular flexibility index (Phi) is 1.79. The van der Waals surface area contributed by atoms with E-state index in [4.69, 9.17) is 5.73 Å². The van der Waals surface area contributed by atoms with E-state index in [0.717, 1.165) is 25.2 Å². The average molecular weight is 222 g/mol. The molecule has 90 valence electrons. The zero-order chi connectivity index (χ0) is 11.6. The van der Waals surface area contributed by atoms with Crippen molar-refractivity contribution in [2.75, 3.05) is 0 Å². The van der Waals surface area contributed by atoms with Gasteiger partial charge < -0.3 is 11.1 Å². The van der Waals surface area contributed by atoms with E-state index in [9.17, 15) is 4.79 Å². The van der Waals surface area contributed by atoms with E-state index in [1.807, 2.05) is 0 Å². The summed E-state index contributed by atoms with van der Waals surface area (Å²) in [4.78, 5) is 11.2. The summed E-state index contributed by atoms with van der Waals surface area (Å²) < 4.78 is 0. The lowest BCUT2D eigenvalue weighted by Gasteiger charge is -2.65. The molecule has 0 saturated heterocycles. The van der Waals surface area contributed by atoms with Gasteiger partial charge in [0, 0.05) is 5.54 Å². The molecule has 3 nitrogen and oxygen atoms in total. The maximum atomic E-state index is 11.2. The van der Waals surface area contributed by atoms with Crippen LogP contribution in [0.15, 0.2) is 0 Å². The molecule has 4 aliphatic rings. The number of primary amides is 1. The van der Waals surface area contributed by atoms with E-state index >= 15 is 0 Å². The molecular formula is C13H22N2O. The number of nitrogens with two attached hydrogens (primary N) is 1. The van der Waals surface area contributed by atoms with E-state index in [0.29, 0.717) is 10.8 Å². The van der Waals surface area contributed by atoms with Crippen molar-refractivity contribution in [1.29, 1.82) is 0 Å². The maximum absolute atomic E-state index is 11.2. The maximum Gasteiger partial charge on any atom is 0.312 e. The Hall–Kier alpha value is -0.730. The van der Waals surface area contributed by atoms with Crippen LogP contribution in [0.5, 0.6) is 0 Å². The number of amides is 2. The second-order valence-electron chi connectivity index (χ2n) is 7.40. The number of hydrogen-bond donors (Lipinski definition) is 2. The van der Waals surface area contributed by atoms with Gasteiger partial charge in [-0.3, -0.25) is 0 Å². The van der Waals surface area contributed by atoms with Crippen LogP contribution in [0.2, 0.25) is 0 Å². The van der Waals surface area contributed by atoms with Crippen molar-refractivity contribution >= 4 is 6.03 Å². The second-order valence-corrected chi connectivity index (χ2v) is 7.40. The van der Waals surface area contributed by atoms with Crippen LogP contribution in [0.4, 0.5) is 4.79 Å². The minimum absolute atomic E-state index is 0.0226. The number of rotatable bonds is 1. The zero-order valence-electron chi connectivity index (χ0n) is 10.3. The van der Waals surface area contributed by atoms with Gasteiger partial charge in [-0.1, -0.05) is 13.8 Å². The molecule has 0 aromatic heterocycles. The summed E-state index contributed by atoms with van der Waals surface area (Å²) in [7, 11) is 0. The molecule has 4 rings (SSSR count). The molecule has 3 heteroatoms. The molecule has 4 fully saturated rings. The van der Waals surface area contributed by atoms with Crippen LogP contribution < -0.4 is 11.1 Å². The minimum Gasteiger partial charge on any atom is -0.352 e. The molecule has 2 atom stereocenters. The molecule has 4 saturated carbocycles. The first-order chi connectivity index (χ1) is 7.32. The van der Waals surface area contributed by atoms with Crippen LogP contribution in [-0.4, -0.2) is 11.6 Å². The van der Waals surface area contributed by atoms with Gasteiger partial charge in [0.1, 0.15) is 0 Å². The van der Waals surface area contributed by atoms with Gasteiger partial charge in [0.05, 0.1) is 0 Å². The fourth-order valence-corrected chi connectivity index (χ4v) is 5.85. The quantitative estimate of drug-likeness (QED) is 0.703. The molecule has 0 aliphatic heterocycles. The van der Waals surface area contributed by atoms with Crippen LogP contribution in [0.3, 0.4) is 0 Å². The Labute approximate surface area is 97.2 Å². The third-order valence-corrected chi connectivity index (χ3v) is 5.01. The van der Waals surface area contributed by atoms with E-state index in [1.165, 1.54) is 19.3 Å². The molecule has 16 heavy (non-hydrogen) atoms. The lowest BCUT2D eigenvalue weighted by Crippen LogP contribution is -2.65. The van der Waals surface area contributed by atoms with Crippen LogP contribution in [-0.2, 0) is 0 Å². The number of nitrogens with one attached hydrogen (secondary N) is 1. The van der Waals surface area contributed by atoms with Crippen LogP contribution in [0, 0.1) is 16.7 Å². The third-order valence-electron chi connectivity index (χ3n) is 5.01. The predicted molar refractivity (Wildman–Crippen MR) is 62.9 cm³/mol. The molecule has 4 aliphatic carbocycles. The zero-order valence-corrected chi connectivity index (χ0v) is 10.3. The van der Waals surface area contributed by atoms with Crippen molar-refractivity contribution in [3.05, 3.63) is 0 Å².